The maximum absolute atomic E-state index is 10.3. The Hall–Kier alpha value is -0.530. The average molecular weight is 284 g/mol. The molecule has 0 aromatic heterocycles. The van der Waals surface area contributed by atoms with Crippen molar-refractivity contribution in [3.63, 3.8) is 0 Å². The maximum atomic E-state index is 10.3. The van der Waals surface area contributed by atoms with Crippen LogP contribution >= 0.6 is 0 Å². The summed E-state index contributed by atoms with van der Waals surface area (Å²) >= 11 is 0. The van der Waals surface area contributed by atoms with Crippen LogP contribution in [0.4, 0.5) is 0 Å². The molecular formula is C18H36O2. The topological polar surface area (TPSA) is 37.3 Å². The molecule has 0 aromatic rings. The first-order valence-corrected chi connectivity index (χ1v) is 8.88. The Balaban J connectivity index is 3.01. The summed E-state index contributed by atoms with van der Waals surface area (Å²) in [6.45, 7) is 4.64. The molecule has 0 radical (unpaired) electrons. The lowest BCUT2D eigenvalue weighted by Crippen LogP contribution is -1.93. The smallest absolute Gasteiger partial charge is 0.303 e. The van der Waals surface area contributed by atoms with Gasteiger partial charge in [0.1, 0.15) is 0 Å². The van der Waals surface area contributed by atoms with E-state index in [4.69, 9.17) is 5.11 Å². The van der Waals surface area contributed by atoms with Gasteiger partial charge in [-0.25, -0.2) is 0 Å². The Morgan fingerprint density at radius 1 is 0.800 bits per heavy atom. The van der Waals surface area contributed by atoms with Gasteiger partial charge in [-0.2, -0.15) is 0 Å². The van der Waals surface area contributed by atoms with Crippen molar-refractivity contribution in [2.75, 3.05) is 0 Å². The van der Waals surface area contributed by atoms with Gasteiger partial charge in [0, 0.05) is 6.42 Å². The van der Waals surface area contributed by atoms with Crippen LogP contribution in [0.2, 0.25) is 0 Å². The highest BCUT2D eigenvalue weighted by Gasteiger charge is 1.99. The molecule has 0 heterocycles. The number of carboxylic acid groups (broad SMARTS) is 1. The van der Waals surface area contributed by atoms with E-state index in [0.29, 0.717) is 6.42 Å². The average Bonchev–Trinajstić information content (AvgIpc) is 2.43. The van der Waals surface area contributed by atoms with Crippen molar-refractivity contribution in [1.29, 1.82) is 0 Å². The molecule has 0 bridgehead atoms. The van der Waals surface area contributed by atoms with E-state index in [1.807, 2.05) is 0 Å². The van der Waals surface area contributed by atoms with E-state index >= 15 is 0 Å². The lowest BCUT2D eigenvalue weighted by atomic mass is 9.99. The van der Waals surface area contributed by atoms with E-state index in [1.54, 1.807) is 0 Å². The van der Waals surface area contributed by atoms with Gasteiger partial charge in [0.2, 0.25) is 0 Å². The van der Waals surface area contributed by atoms with Crippen molar-refractivity contribution in [2.45, 2.75) is 104 Å². The summed E-state index contributed by atoms with van der Waals surface area (Å²) in [7, 11) is 0. The molecule has 0 aliphatic carbocycles. The molecule has 0 unspecified atom stereocenters. The molecular weight excluding hydrogens is 248 g/mol. The maximum Gasteiger partial charge on any atom is 0.303 e. The first-order valence-electron chi connectivity index (χ1n) is 8.88. The molecule has 0 aromatic carbocycles. The molecule has 1 atom stereocenters. The largest absolute Gasteiger partial charge is 0.481 e. The molecule has 0 spiro atoms. The van der Waals surface area contributed by atoms with Gasteiger partial charge in [-0.05, 0) is 12.3 Å². The van der Waals surface area contributed by atoms with Crippen LogP contribution in [0.3, 0.4) is 0 Å². The molecule has 0 amide bonds. The molecule has 0 aliphatic heterocycles. The first-order chi connectivity index (χ1) is 9.66. The normalized spacial score (nSPS) is 12.5. The quantitative estimate of drug-likeness (QED) is 0.364. The summed E-state index contributed by atoms with van der Waals surface area (Å²) in [6, 6.07) is 0. The highest BCUT2D eigenvalue weighted by Crippen LogP contribution is 2.15. The third-order valence-electron chi connectivity index (χ3n) is 4.28. The van der Waals surface area contributed by atoms with Crippen molar-refractivity contribution >= 4 is 5.97 Å². The highest BCUT2D eigenvalue weighted by molar-refractivity contribution is 5.66. The van der Waals surface area contributed by atoms with Crippen molar-refractivity contribution in [1.82, 2.24) is 0 Å². The minimum absolute atomic E-state index is 0.344. The second kappa shape index (κ2) is 14.9. The Morgan fingerprint density at radius 3 is 1.60 bits per heavy atom. The predicted molar refractivity (Wildman–Crippen MR) is 87.1 cm³/mol. The van der Waals surface area contributed by atoms with E-state index < -0.39 is 5.97 Å². The van der Waals surface area contributed by atoms with Gasteiger partial charge < -0.3 is 5.11 Å². The van der Waals surface area contributed by atoms with Crippen LogP contribution in [0.25, 0.3) is 0 Å². The van der Waals surface area contributed by atoms with E-state index in [9.17, 15) is 4.79 Å². The Morgan fingerprint density at radius 2 is 1.20 bits per heavy atom. The van der Waals surface area contributed by atoms with Crippen molar-refractivity contribution in [2.24, 2.45) is 5.92 Å². The van der Waals surface area contributed by atoms with Gasteiger partial charge in [0.15, 0.2) is 0 Å². The fourth-order valence-corrected chi connectivity index (χ4v) is 2.56. The molecule has 0 aliphatic rings. The third kappa shape index (κ3) is 15.5. The van der Waals surface area contributed by atoms with Gasteiger partial charge >= 0.3 is 5.97 Å². The van der Waals surface area contributed by atoms with Crippen LogP contribution < -0.4 is 0 Å². The van der Waals surface area contributed by atoms with Crippen LogP contribution in [0.15, 0.2) is 0 Å². The summed E-state index contributed by atoms with van der Waals surface area (Å²) in [4.78, 5) is 10.3. The molecule has 2 heteroatoms. The molecule has 0 rings (SSSR count). The summed E-state index contributed by atoms with van der Waals surface area (Å²) in [6.07, 6.45) is 17.2. The van der Waals surface area contributed by atoms with E-state index in [0.717, 1.165) is 18.8 Å². The predicted octanol–water partition coefficient (Wildman–Crippen LogP) is 6.19. The number of aliphatic carboxylic acids is 1. The van der Waals surface area contributed by atoms with Crippen LogP contribution in [-0.2, 0) is 4.79 Å². The van der Waals surface area contributed by atoms with Crippen molar-refractivity contribution < 1.29 is 9.90 Å². The van der Waals surface area contributed by atoms with Crippen molar-refractivity contribution in [3.05, 3.63) is 0 Å². The Kier molecular flexibility index (Phi) is 14.5. The standard InChI is InChI=1S/C18H36O2/c1-3-17(2)15-13-11-9-7-5-4-6-8-10-12-14-16-18(19)20/h17H,3-16H2,1-2H3,(H,19,20)/t17-/m0/s1. The molecule has 2 nitrogen and oxygen atoms in total. The lowest BCUT2D eigenvalue weighted by Gasteiger charge is -2.07. The summed E-state index contributed by atoms with van der Waals surface area (Å²) in [5.41, 5.74) is 0. The summed E-state index contributed by atoms with van der Waals surface area (Å²) in [5.74, 6) is 0.259. The zero-order valence-electron chi connectivity index (χ0n) is 13.8. The zero-order chi connectivity index (χ0) is 15.1. The summed E-state index contributed by atoms with van der Waals surface area (Å²) < 4.78 is 0. The first kappa shape index (κ1) is 19.5. The Bertz CT molecular complexity index is 213. The molecule has 0 saturated carbocycles. The van der Waals surface area contributed by atoms with Crippen molar-refractivity contribution in [3.8, 4) is 0 Å². The molecule has 0 saturated heterocycles. The van der Waals surface area contributed by atoms with E-state index in [1.165, 1.54) is 70.6 Å². The van der Waals surface area contributed by atoms with E-state index in [2.05, 4.69) is 13.8 Å². The monoisotopic (exact) mass is 284 g/mol. The fraction of sp³-hybridized carbons (Fsp3) is 0.944. The van der Waals surface area contributed by atoms with Crippen LogP contribution in [0.5, 0.6) is 0 Å². The number of carboxylic acids is 1. The number of unbranched alkanes of at least 4 members (excludes halogenated alkanes) is 10. The van der Waals surface area contributed by atoms with Gasteiger partial charge in [0.05, 0.1) is 0 Å². The minimum Gasteiger partial charge on any atom is -0.481 e. The van der Waals surface area contributed by atoms with Crippen LogP contribution in [0.1, 0.15) is 104 Å². The van der Waals surface area contributed by atoms with Crippen LogP contribution in [0, 0.1) is 5.92 Å². The van der Waals surface area contributed by atoms with Gasteiger partial charge in [-0.1, -0.05) is 90.9 Å². The lowest BCUT2D eigenvalue weighted by molar-refractivity contribution is -0.137. The minimum atomic E-state index is -0.654. The summed E-state index contributed by atoms with van der Waals surface area (Å²) in [5, 5.41) is 8.52. The SMILES string of the molecule is CC[C@H](C)CCCCCCCCCCCCCC(=O)O. The van der Waals surface area contributed by atoms with Gasteiger partial charge in [-0.3, -0.25) is 4.79 Å². The highest BCUT2D eigenvalue weighted by atomic mass is 16.4. The molecule has 120 valence electrons. The third-order valence-corrected chi connectivity index (χ3v) is 4.28. The van der Waals surface area contributed by atoms with Gasteiger partial charge in [0.25, 0.3) is 0 Å². The Labute approximate surface area is 126 Å². The van der Waals surface area contributed by atoms with E-state index in [-0.39, 0.29) is 0 Å². The molecule has 1 N–H and O–H groups in total. The fourth-order valence-electron chi connectivity index (χ4n) is 2.56. The number of rotatable bonds is 15. The van der Waals surface area contributed by atoms with Crippen LogP contribution in [-0.4, -0.2) is 11.1 Å². The van der Waals surface area contributed by atoms with Gasteiger partial charge in [-0.15, -0.1) is 0 Å². The zero-order valence-corrected chi connectivity index (χ0v) is 13.8. The molecule has 20 heavy (non-hydrogen) atoms. The second-order valence-corrected chi connectivity index (χ2v) is 6.33. The molecule has 0 fully saturated rings. The number of carbonyl (C=O) groups is 1. The number of hydrogen-bond acceptors (Lipinski definition) is 1. The second-order valence-electron chi connectivity index (χ2n) is 6.33. The number of hydrogen-bond donors (Lipinski definition) is 1.